The maximum atomic E-state index is 12.0. The molecule has 1 saturated heterocycles. The largest absolute Gasteiger partial charge is 0.328 e. The molecule has 0 aliphatic carbocycles. The molecule has 1 fully saturated rings. The molecule has 14 heavy (non-hydrogen) atoms. The van der Waals surface area contributed by atoms with Gasteiger partial charge in [0.25, 0.3) is 5.91 Å². The minimum atomic E-state index is 0.0839. The molecule has 0 bridgehead atoms. The second kappa shape index (κ2) is 2.60. The van der Waals surface area contributed by atoms with Gasteiger partial charge in [0.15, 0.2) is 0 Å². The Balaban J connectivity index is 2.22. The van der Waals surface area contributed by atoms with Crippen LogP contribution in [-0.4, -0.2) is 17.4 Å². The van der Waals surface area contributed by atoms with Gasteiger partial charge in [-0.3, -0.25) is 4.79 Å². The summed E-state index contributed by atoms with van der Waals surface area (Å²) in [5.41, 5.74) is 1.05. The summed E-state index contributed by atoms with van der Waals surface area (Å²) < 4.78 is 0. The molecular weight excluding hydrogens is 194 g/mol. The molecule has 1 unspecified atom stereocenters. The number of hydrogen-bond donors (Lipinski definition) is 0. The van der Waals surface area contributed by atoms with E-state index in [1.807, 2.05) is 6.07 Å². The highest BCUT2D eigenvalue weighted by Gasteiger charge is 2.51. The van der Waals surface area contributed by atoms with Crippen LogP contribution in [0.2, 0.25) is 0 Å². The first-order valence-corrected chi connectivity index (χ1v) is 6.07. The lowest BCUT2D eigenvalue weighted by atomic mass is 9.92. The van der Waals surface area contributed by atoms with Gasteiger partial charge in [0, 0.05) is 11.4 Å². The van der Waals surface area contributed by atoms with Gasteiger partial charge in [0.2, 0.25) is 0 Å². The molecule has 0 saturated carbocycles. The Bertz CT molecular complexity index is 398. The number of thiophene rings is 1. The molecule has 2 nitrogen and oxygen atoms in total. The van der Waals surface area contributed by atoms with Crippen LogP contribution in [0.25, 0.3) is 0 Å². The Morgan fingerprint density at radius 1 is 1.64 bits per heavy atom. The zero-order valence-corrected chi connectivity index (χ0v) is 9.06. The molecule has 3 heterocycles. The molecule has 3 rings (SSSR count). The lowest BCUT2D eigenvalue weighted by molar-refractivity contribution is 0.0656. The van der Waals surface area contributed by atoms with Gasteiger partial charge < -0.3 is 4.90 Å². The van der Waals surface area contributed by atoms with Crippen molar-refractivity contribution in [2.24, 2.45) is 0 Å². The number of carbonyl (C=O) groups is 1. The zero-order chi connectivity index (χ0) is 9.76. The summed E-state index contributed by atoms with van der Waals surface area (Å²) in [5.74, 6) is 0.264. The van der Waals surface area contributed by atoms with E-state index in [0.29, 0.717) is 0 Å². The second-order valence-electron chi connectivity index (χ2n) is 4.11. The van der Waals surface area contributed by atoms with Crippen LogP contribution in [0.4, 0.5) is 0 Å². The van der Waals surface area contributed by atoms with E-state index in [1.54, 1.807) is 11.3 Å². The van der Waals surface area contributed by atoms with E-state index in [0.717, 1.165) is 31.4 Å². The van der Waals surface area contributed by atoms with Crippen LogP contribution in [-0.2, 0) is 5.54 Å². The number of amides is 1. The fourth-order valence-electron chi connectivity index (χ4n) is 2.92. The van der Waals surface area contributed by atoms with E-state index < -0.39 is 0 Å². The highest BCUT2D eigenvalue weighted by Crippen LogP contribution is 2.50. The molecule has 74 valence electrons. The van der Waals surface area contributed by atoms with Crippen LogP contribution < -0.4 is 0 Å². The summed E-state index contributed by atoms with van der Waals surface area (Å²) in [6, 6.07) is 1.98. The van der Waals surface area contributed by atoms with Crippen molar-refractivity contribution in [2.75, 3.05) is 6.54 Å². The summed E-state index contributed by atoms with van der Waals surface area (Å²) in [6.45, 7) is 3.15. The average Bonchev–Trinajstić information content (AvgIpc) is 2.85. The quantitative estimate of drug-likeness (QED) is 0.693. The Morgan fingerprint density at radius 2 is 2.50 bits per heavy atom. The molecule has 2 aliphatic rings. The molecule has 3 heteroatoms. The third-order valence-corrected chi connectivity index (χ3v) is 4.74. The van der Waals surface area contributed by atoms with Gasteiger partial charge in [-0.25, -0.2) is 0 Å². The van der Waals surface area contributed by atoms with Crippen molar-refractivity contribution in [3.8, 4) is 0 Å². The number of nitrogens with zero attached hydrogens (tertiary/aromatic N) is 1. The zero-order valence-electron chi connectivity index (χ0n) is 8.25. The molecule has 1 aromatic heterocycles. The second-order valence-corrected chi connectivity index (χ2v) is 5.02. The van der Waals surface area contributed by atoms with Crippen molar-refractivity contribution in [1.82, 2.24) is 4.90 Å². The normalized spacial score (nSPS) is 29.5. The van der Waals surface area contributed by atoms with E-state index in [1.165, 1.54) is 4.88 Å². The molecule has 0 spiro atoms. The van der Waals surface area contributed by atoms with E-state index in [9.17, 15) is 4.79 Å². The van der Waals surface area contributed by atoms with Crippen LogP contribution in [0.1, 0.15) is 41.4 Å². The van der Waals surface area contributed by atoms with Crippen LogP contribution >= 0.6 is 11.3 Å². The Hall–Kier alpha value is -0.830. The molecule has 0 N–H and O–H groups in total. The van der Waals surface area contributed by atoms with Crippen LogP contribution in [0.15, 0.2) is 11.4 Å². The predicted molar refractivity (Wildman–Crippen MR) is 56.6 cm³/mol. The van der Waals surface area contributed by atoms with Crippen molar-refractivity contribution in [1.29, 1.82) is 0 Å². The topological polar surface area (TPSA) is 20.3 Å². The maximum absolute atomic E-state index is 12.0. The molecule has 0 radical (unpaired) electrons. The lowest BCUT2D eigenvalue weighted by Gasteiger charge is -2.31. The van der Waals surface area contributed by atoms with E-state index >= 15 is 0 Å². The number of fused-ring (bicyclic) bond motifs is 3. The third kappa shape index (κ3) is 0.753. The number of hydrogen-bond acceptors (Lipinski definition) is 2. The van der Waals surface area contributed by atoms with Gasteiger partial charge in [0.05, 0.1) is 11.1 Å². The SMILES string of the molecule is CCC12CCCN1C(=O)c1ccsc12. The standard InChI is InChI=1S/C11H13NOS/c1-2-11-5-3-6-12(11)10(13)8-4-7-14-9(8)11/h4,7H,2-3,5-6H2,1H3. The average molecular weight is 207 g/mol. The van der Waals surface area contributed by atoms with Gasteiger partial charge in [-0.1, -0.05) is 6.92 Å². The molecule has 1 aromatic rings. The van der Waals surface area contributed by atoms with Crippen molar-refractivity contribution >= 4 is 17.2 Å². The Labute approximate surface area is 87.5 Å². The highest BCUT2D eigenvalue weighted by molar-refractivity contribution is 7.10. The minimum Gasteiger partial charge on any atom is -0.328 e. The lowest BCUT2D eigenvalue weighted by Crippen LogP contribution is -2.37. The highest BCUT2D eigenvalue weighted by atomic mass is 32.1. The fraction of sp³-hybridized carbons (Fsp3) is 0.545. The Morgan fingerprint density at radius 3 is 3.29 bits per heavy atom. The molecule has 1 amide bonds. The molecule has 0 aromatic carbocycles. The van der Waals surface area contributed by atoms with Crippen LogP contribution in [0.3, 0.4) is 0 Å². The minimum absolute atomic E-state index is 0.0839. The van der Waals surface area contributed by atoms with Gasteiger partial charge >= 0.3 is 0 Å². The van der Waals surface area contributed by atoms with Gasteiger partial charge in [0.1, 0.15) is 0 Å². The summed E-state index contributed by atoms with van der Waals surface area (Å²) >= 11 is 1.75. The van der Waals surface area contributed by atoms with Crippen molar-refractivity contribution in [2.45, 2.75) is 31.7 Å². The molecule has 1 atom stereocenters. The monoisotopic (exact) mass is 207 g/mol. The van der Waals surface area contributed by atoms with Crippen molar-refractivity contribution in [3.05, 3.63) is 21.9 Å². The number of carbonyl (C=O) groups excluding carboxylic acids is 1. The van der Waals surface area contributed by atoms with Crippen molar-refractivity contribution in [3.63, 3.8) is 0 Å². The fourth-order valence-corrected chi connectivity index (χ4v) is 4.12. The van der Waals surface area contributed by atoms with E-state index in [2.05, 4.69) is 17.2 Å². The van der Waals surface area contributed by atoms with Crippen LogP contribution in [0.5, 0.6) is 0 Å². The van der Waals surface area contributed by atoms with E-state index in [-0.39, 0.29) is 11.4 Å². The summed E-state index contributed by atoms with van der Waals surface area (Å²) in [6.07, 6.45) is 3.38. The van der Waals surface area contributed by atoms with Gasteiger partial charge in [-0.2, -0.15) is 0 Å². The third-order valence-electron chi connectivity index (χ3n) is 3.64. The predicted octanol–water partition coefficient (Wildman–Crippen LogP) is 2.60. The number of rotatable bonds is 1. The summed E-state index contributed by atoms with van der Waals surface area (Å²) in [5, 5.41) is 2.05. The van der Waals surface area contributed by atoms with Gasteiger partial charge in [-0.15, -0.1) is 11.3 Å². The smallest absolute Gasteiger partial charge is 0.255 e. The molecule has 2 aliphatic heterocycles. The maximum Gasteiger partial charge on any atom is 0.255 e. The Kier molecular flexibility index (Phi) is 1.57. The van der Waals surface area contributed by atoms with Crippen LogP contribution in [0, 0.1) is 0 Å². The molecular formula is C11H13NOS. The summed E-state index contributed by atoms with van der Waals surface area (Å²) in [7, 11) is 0. The first-order chi connectivity index (χ1) is 6.79. The van der Waals surface area contributed by atoms with E-state index in [4.69, 9.17) is 0 Å². The van der Waals surface area contributed by atoms with Gasteiger partial charge in [-0.05, 0) is 30.7 Å². The first-order valence-electron chi connectivity index (χ1n) is 5.19. The summed E-state index contributed by atoms with van der Waals surface area (Å²) in [4.78, 5) is 15.4. The first kappa shape index (κ1) is 8.48. The van der Waals surface area contributed by atoms with Crippen molar-refractivity contribution < 1.29 is 4.79 Å².